The second-order valence-corrected chi connectivity index (χ2v) is 5.58. The van der Waals surface area contributed by atoms with E-state index in [2.05, 4.69) is 5.32 Å². The molecule has 0 spiro atoms. The first-order valence-corrected chi connectivity index (χ1v) is 7.48. The molecule has 0 bridgehead atoms. The number of carbonyl (C=O) groups is 1. The van der Waals surface area contributed by atoms with E-state index >= 15 is 0 Å². The van der Waals surface area contributed by atoms with E-state index in [4.69, 9.17) is 4.74 Å². The van der Waals surface area contributed by atoms with Gasteiger partial charge in [0.25, 0.3) is 0 Å². The van der Waals surface area contributed by atoms with Crippen LogP contribution in [0.1, 0.15) is 19.8 Å². The Kier molecular flexibility index (Phi) is 5.59. The van der Waals surface area contributed by atoms with Crippen LogP contribution in [-0.2, 0) is 4.79 Å². The Hall–Kier alpha value is -1.59. The molecule has 5 nitrogen and oxygen atoms in total. The average Bonchev–Trinajstić information content (AvgIpc) is 3.25. The molecule has 1 saturated carbocycles. The zero-order valence-corrected chi connectivity index (χ0v) is 12.7. The summed E-state index contributed by atoms with van der Waals surface area (Å²) in [5.41, 5.74) is 0.681. The van der Waals surface area contributed by atoms with Gasteiger partial charge in [-0.3, -0.25) is 9.69 Å². The zero-order valence-electron chi connectivity index (χ0n) is 12.7. The number of hydrogen-bond acceptors (Lipinski definition) is 4. The van der Waals surface area contributed by atoms with E-state index in [9.17, 15) is 9.90 Å². The molecule has 1 fully saturated rings. The average molecular weight is 292 g/mol. The molecule has 0 radical (unpaired) electrons. The minimum absolute atomic E-state index is 0.104. The molecule has 1 aliphatic carbocycles. The normalized spacial score (nSPS) is 15.8. The molecule has 1 aromatic carbocycles. The van der Waals surface area contributed by atoms with Gasteiger partial charge in [0.15, 0.2) is 0 Å². The van der Waals surface area contributed by atoms with Gasteiger partial charge < -0.3 is 15.2 Å². The van der Waals surface area contributed by atoms with E-state index in [1.54, 1.807) is 0 Å². The Bertz CT molecular complexity index is 474. The van der Waals surface area contributed by atoms with Crippen LogP contribution in [0.5, 0.6) is 5.75 Å². The van der Waals surface area contributed by atoms with Crippen molar-refractivity contribution in [3.63, 3.8) is 0 Å². The number of rotatable bonds is 8. The SMILES string of the molecule is CCOc1ccccc1NC(=O)CN(C)CC(O)C1CC1. The highest BCUT2D eigenvalue weighted by Gasteiger charge is 2.30. The van der Waals surface area contributed by atoms with Crippen LogP contribution in [0.25, 0.3) is 0 Å². The number of aliphatic hydroxyl groups excluding tert-OH is 1. The van der Waals surface area contributed by atoms with Crippen molar-refractivity contribution in [3.8, 4) is 5.75 Å². The van der Waals surface area contributed by atoms with Crippen LogP contribution < -0.4 is 10.1 Å². The molecule has 1 unspecified atom stereocenters. The Morgan fingerprint density at radius 1 is 1.48 bits per heavy atom. The highest BCUT2D eigenvalue weighted by atomic mass is 16.5. The molecule has 5 heteroatoms. The smallest absolute Gasteiger partial charge is 0.238 e. The zero-order chi connectivity index (χ0) is 15.2. The van der Waals surface area contributed by atoms with Crippen LogP contribution in [-0.4, -0.2) is 48.8 Å². The fraction of sp³-hybridized carbons (Fsp3) is 0.562. The van der Waals surface area contributed by atoms with Crippen molar-refractivity contribution >= 4 is 11.6 Å². The van der Waals surface area contributed by atoms with Crippen LogP contribution in [0.3, 0.4) is 0 Å². The first kappa shape index (κ1) is 15.8. The van der Waals surface area contributed by atoms with Crippen molar-refractivity contribution in [2.45, 2.75) is 25.9 Å². The molecule has 0 saturated heterocycles. The molecule has 0 heterocycles. The van der Waals surface area contributed by atoms with Gasteiger partial charge in [-0.15, -0.1) is 0 Å². The Morgan fingerprint density at radius 3 is 2.86 bits per heavy atom. The summed E-state index contributed by atoms with van der Waals surface area (Å²) in [6.07, 6.45) is 1.88. The number of para-hydroxylation sites is 2. The van der Waals surface area contributed by atoms with E-state index in [1.807, 2.05) is 43.1 Å². The van der Waals surface area contributed by atoms with Crippen LogP contribution in [0, 0.1) is 5.92 Å². The maximum atomic E-state index is 12.1. The van der Waals surface area contributed by atoms with Gasteiger partial charge in [0.2, 0.25) is 5.91 Å². The summed E-state index contributed by atoms with van der Waals surface area (Å²) >= 11 is 0. The summed E-state index contributed by atoms with van der Waals surface area (Å²) in [7, 11) is 1.85. The van der Waals surface area contributed by atoms with Gasteiger partial charge in [-0.1, -0.05) is 12.1 Å². The minimum atomic E-state index is -0.321. The summed E-state index contributed by atoms with van der Waals surface area (Å²) < 4.78 is 5.48. The quantitative estimate of drug-likeness (QED) is 0.766. The second-order valence-electron chi connectivity index (χ2n) is 5.58. The Balaban J connectivity index is 1.83. The number of nitrogens with zero attached hydrogens (tertiary/aromatic N) is 1. The lowest BCUT2D eigenvalue weighted by molar-refractivity contribution is -0.117. The van der Waals surface area contributed by atoms with Gasteiger partial charge in [0.05, 0.1) is 24.9 Å². The summed E-state index contributed by atoms with van der Waals surface area (Å²) in [6.45, 7) is 3.25. The standard InChI is InChI=1S/C16H24N2O3/c1-3-21-15-7-5-4-6-13(15)17-16(20)11-18(2)10-14(19)12-8-9-12/h4-7,12,14,19H,3,8-11H2,1-2H3,(H,17,20). The van der Waals surface area contributed by atoms with Gasteiger partial charge in [0, 0.05) is 6.54 Å². The molecule has 0 aromatic heterocycles. The van der Waals surface area contributed by atoms with E-state index < -0.39 is 0 Å². The Morgan fingerprint density at radius 2 is 2.19 bits per heavy atom. The summed E-state index contributed by atoms with van der Waals surface area (Å²) in [4.78, 5) is 13.9. The molecule has 116 valence electrons. The van der Waals surface area contributed by atoms with Crippen molar-refractivity contribution in [2.75, 3.05) is 32.1 Å². The van der Waals surface area contributed by atoms with Crippen LogP contribution in [0.2, 0.25) is 0 Å². The van der Waals surface area contributed by atoms with Crippen molar-refractivity contribution in [1.29, 1.82) is 0 Å². The molecule has 1 atom stereocenters. The van der Waals surface area contributed by atoms with Gasteiger partial charge >= 0.3 is 0 Å². The van der Waals surface area contributed by atoms with Crippen molar-refractivity contribution < 1.29 is 14.6 Å². The lowest BCUT2D eigenvalue weighted by atomic mass is 10.2. The molecule has 1 aliphatic rings. The van der Waals surface area contributed by atoms with Crippen molar-refractivity contribution in [2.24, 2.45) is 5.92 Å². The number of nitrogens with one attached hydrogen (secondary N) is 1. The van der Waals surface area contributed by atoms with E-state index in [0.29, 0.717) is 30.5 Å². The fourth-order valence-electron chi connectivity index (χ4n) is 2.30. The van der Waals surface area contributed by atoms with Crippen LogP contribution in [0.15, 0.2) is 24.3 Å². The predicted octanol–water partition coefficient (Wildman–Crippen LogP) is 1.73. The second kappa shape index (κ2) is 7.43. The first-order valence-electron chi connectivity index (χ1n) is 7.48. The number of likely N-dealkylation sites (N-methyl/N-ethyl adjacent to an activating group) is 1. The maximum absolute atomic E-state index is 12.1. The topological polar surface area (TPSA) is 61.8 Å². The monoisotopic (exact) mass is 292 g/mol. The largest absolute Gasteiger partial charge is 0.492 e. The highest BCUT2D eigenvalue weighted by molar-refractivity contribution is 5.93. The highest BCUT2D eigenvalue weighted by Crippen LogP contribution is 2.32. The molecule has 0 aliphatic heterocycles. The van der Waals surface area contributed by atoms with Gasteiger partial charge in [0.1, 0.15) is 5.75 Å². The molecule has 1 aromatic rings. The lowest BCUT2D eigenvalue weighted by Crippen LogP contribution is -2.36. The number of benzene rings is 1. The summed E-state index contributed by atoms with van der Waals surface area (Å²) in [5.74, 6) is 0.996. The third-order valence-corrected chi connectivity index (χ3v) is 3.54. The van der Waals surface area contributed by atoms with Crippen molar-refractivity contribution in [1.82, 2.24) is 4.90 Å². The molecule has 21 heavy (non-hydrogen) atoms. The Labute approximate surface area is 125 Å². The molecular formula is C16H24N2O3. The third kappa shape index (κ3) is 5.02. The van der Waals surface area contributed by atoms with E-state index in [1.165, 1.54) is 0 Å². The van der Waals surface area contributed by atoms with Crippen LogP contribution in [0.4, 0.5) is 5.69 Å². The van der Waals surface area contributed by atoms with Gasteiger partial charge in [-0.25, -0.2) is 0 Å². The maximum Gasteiger partial charge on any atom is 0.238 e. The number of amides is 1. The van der Waals surface area contributed by atoms with E-state index in [-0.39, 0.29) is 18.6 Å². The third-order valence-electron chi connectivity index (χ3n) is 3.54. The number of ether oxygens (including phenoxy) is 1. The number of aliphatic hydroxyl groups is 1. The van der Waals surface area contributed by atoms with Gasteiger partial charge in [-0.2, -0.15) is 0 Å². The lowest BCUT2D eigenvalue weighted by Gasteiger charge is -2.20. The summed E-state index contributed by atoms with van der Waals surface area (Å²) in [6, 6.07) is 7.39. The molecule has 2 N–H and O–H groups in total. The summed E-state index contributed by atoms with van der Waals surface area (Å²) in [5, 5.41) is 12.7. The fourth-order valence-corrected chi connectivity index (χ4v) is 2.30. The van der Waals surface area contributed by atoms with E-state index in [0.717, 1.165) is 12.8 Å². The van der Waals surface area contributed by atoms with Gasteiger partial charge in [-0.05, 0) is 44.9 Å². The molecule has 2 rings (SSSR count). The molecule has 1 amide bonds. The van der Waals surface area contributed by atoms with Crippen molar-refractivity contribution in [3.05, 3.63) is 24.3 Å². The minimum Gasteiger partial charge on any atom is -0.492 e. The number of carbonyl (C=O) groups excluding carboxylic acids is 1. The number of hydrogen-bond donors (Lipinski definition) is 2. The predicted molar refractivity (Wildman–Crippen MR) is 82.5 cm³/mol. The first-order chi connectivity index (χ1) is 10.1. The number of anilines is 1. The molecular weight excluding hydrogens is 268 g/mol. The van der Waals surface area contributed by atoms with Crippen LogP contribution >= 0.6 is 0 Å².